The first-order valence-corrected chi connectivity index (χ1v) is 4.38. The minimum atomic E-state index is 0.832. The molecule has 0 unspecified atom stereocenters. The van der Waals surface area contributed by atoms with Crippen LogP contribution in [0.15, 0.2) is 11.6 Å². The molecule has 0 aromatic carbocycles. The lowest BCUT2D eigenvalue weighted by Crippen LogP contribution is -1.99. The van der Waals surface area contributed by atoms with Crippen molar-refractivity contribution in [2.75, 3.05) is 11.9 Å². The van der Waals surface area contributed by atoms with Gasteiger partial charge in [0.25, 0.3) is 0 Å². The molecule has 1 rings (SSSR count). The van der Waals surface area contributed by atoms with Crippen LogP contribution in [0.4, 0.5) is 5.13 Å². The van der Waals surface area contributed by atoms with Crippen molar-refractivity contribution in [2.24, 2.45) is 0 Å². The van der Waals surface area contributed by atoms with Gasteiger partial charge in [0.2, 0.25) is 0 Å². The summed E-state index contributed by atoms with van der Waals surface area (Å²) in [4.78, 5) is 4.07. The molecule has 0 radical (unpaired) electrons. The van der Waals surface area contributed by atoms with E-state index in [2.05, 4.69) is 16.2 Å². The molecule has 0 fully saturated rings. The van der Waals surface area contributed by atoms with Crippen LogP contribution in [0.2, 0.25) is 0 Å². The second-order valence-electron chi connectivity index (χ2n) is 2.07. The molecule has 1 aromatic heterocycles. The lowest BCUT2D eigenvalue weighted by atomic mass is 10.3. The molecule has 0 amide bonds. The molecule has 0 bridgehead atoms. The monoisotopic (exact) mass is 166 g/mol. The number of nitrogens with one attached hydrogen (secondary N) is 1. The lowest BCUT2D eigenvalue weighted by molar-refractivity contribution is 0.905. The molecule has 0 saturated carbocycles. The summed E-state index contributed by atoms with van der Waals surface area (Å²) in [5.74, 6) is 2.59. The van der Waals surface area contributed by atoms with Crippen LogP contribution in [0.3, 0.4) is 0 Å². The van der Waals surface area contributed by atoms with Gasteiger partial charge in [0.1, 0.15) is 0 Å². The number of rotatable bonds is 4. The predicted molar refractivity (Wildman–Crippen MR) is 48.7 cm³/mol. The number of aromatic nitrogens is 1. The van der Waals surface area contributed by atoms with Crippen LogP contribution in [0.1, 0.15) is 12.8 Å². The lowest BCUT2D eigenvalue weighted by Gasteiger charge is -1.97. The first-order chi connectivity index (χ1) is 5.43. The third-order valence-electron chi connectivity index (χ3n) is 1.21. The van der Waals surface area contributed by atoms with Crippen molar-refractivity contribution < 1.29 is 0 Å². The Morgan fingerprint density at radius 3 is 3.27 bits per heavy atom. The number of unbranched alkanes of at least 4 members (excludes halogenated alkanes) is 1. The molecule has 1 N–H and O–H groups in total. The molecule has 58 valence electrons. The summed E-state index contributed by atoms with van der Waals surface area (Å²) in [5, 5.41) is 6.09. The van der Waals surface area contributed by atoms with E-state index in [0.29, 0.717) is 0 Å². The third kappa shape index (κ3) is 3.06. The predicted octanol–water partition coefficient (Wildman–Crippen LogP) is 1.97. The molecule has 11 heavy (non-hydrogen) atoms. The van der Waals surface area contributed by atoms with Gasteiger partial charge < -0.3 is 5.32 Å². The smallest absolute Gasteiger partial charge is 0.182 e. The zero-order chi connectivity index (χ0) is 7.94. The fraction of sp³-hybridized carbons (Fsp3) is 0.375. The fourth-order valence-electron chi connectivity index (χ4n) is 0.697. The molecule has 0 saturated heterocycles. The second kappa shape index (κ2) is 4.75. The fourth-order valence-corrected chi connectivity index (χ4v) is 1.25. The van der Waals surface area contributed by atoms with Gasteiger partial charge in [-0.2, -0.15) is 0 Å². The third-order valence-corrected chi connectivity index (χ3v) is 1.94. The van der Waals surface area contributed by atoms with Crippen molar-refractivity contribution in [1.82, 2.24) is 4.98 Å². The Bertz CT molecular complexity index is 223. The summed E-state index contributed by atoms with van der Waals surface area (Å²) in [6, 6.07) is 0. The van der Waals surface area contributed by atoms with E-state index in [1.54, 1.807) is 17.5 Å². The van der Waals surface area contributed by atoms with Crippen molar-refractivity contribution in [3.8, 4) is 12.3 Å². The van der Waals surface area contributed by atoms with Gasteiger partial charge in [-0.05, 0) is 6.42 Å². The highest BCUT2D eigenvalue weighted by molar-refractivity contribution is 7.13. The largest absolute Gasteiger partial charge is 0.361 e. The number of thiazole rings is 1. The molecule has 1 heterocycles. The zero-order valence-electron chi connectivity index (χ0n) is 6.21. The first-order valence-electron chi connectivity index (χ1n) is 3.50. The minimum Gasteiger partial charge on any atom is -0.361 e. The van der Waals surface area contributed by atoms with Crippen molar-refractivity contribution in [3.05, 3.63) is 11.6 Å². The van der Waals surface area contributed by atoms with Gasteiger partial charge in [-0.1, -0.05) is 0 Å². The molecule has 0 aliphatic heterocycles. The zero-order valence-corrected chi connectivity index (χ0v) is 7.03. The van der Waals surface area contributed by atoms with Gasteiger partial charge in [-0.15, -0.1) is 23.7 Å². The Kier molecular flexibility index (Phi) is 3.49. The van der Waals surface area contributed by atoms with Gasteiger partial charge in [0.05, 0.1) is 0 Å². The number of hydrogen-bond donors (Lipinski definition) is 1. The number of terminal acetylenes is 1. The van der Waals surface area contributed by atoms with Crippen LogP contribution in [0, 0.1) is 12.3 Å². The number of hydrogen-bond acceptors (Lipinski definition) is 3. The summed E-state index contributed by atoms with van der Waals surface area (Å²) >= 11 is 1.61. The Hall–Kier alpha value is -1.01. The van der Waals surface area contributed by atoms with Gasteiger partial charge >= 0.3 is 0 Å². The van der Waals surface area contributed by atoms with Crippen molar-refractivity contribution in [1.29, 1.82) is 0 Å². The number of anilines is 1. The molecule has 0 atom stereocenters. The van der Waals surface area contributed by atoms with Crippen molar-refractivity contribution in [2.45, 2.75) is 12.8 Å². The van der Waals surface area contributed by atoms with Crippen LogP contribution < -0.4 is 5.32 Å². The van der Waals surface area contributed by atoms with Gasteiger partial charge in [-0.3, -0.25) is 0 Å². The van der Waals surface area contributed by atoms with Crippen LogP contribution >= 0.6 is 11.3 Å². The maximum Gasteiger partial charge on any atom is 0.182 e. The Labute approximate surface area is 70.7 Å². The molecule has 0 spiro atoms. The second-order valence-corrected chi connectivity index (χ2v) is 2.97. The Morgan fingerprint density at radius 2 is 2.64 bits per heavy atom. The van der Waals surface area contributed by atoms with E-state index in [4.69, 9.17) is 6.42 Å². The van der Waals surface area contributed by atoms with Crippen LogP contribution in [-0.2, 0) is 0 Å². The SMILES string of the molecule is C#CCCCNc1nccs1. The highest BCUT2D eigenvalue weighted by Gasteiger charge is 1.90. The highest BCUT2D eigenvalue weighted by atomic mass is 32.1. The van der Waals surface area contributed by atoms with E-state index in [1.807, 2.05) is 5.38 Å². The summed E-state index contributed by atoms with van der Waals surface area (Å²) in [6.45, 7) is 0.914. The maximum absolute atomic E-state index is 5.10. The van der Waals surface area contributed by atoms with E-state index in [0.717, 1.165) is 24.5 Å². The quantitative estimate of drug-likeness (QED) is 0.546. The van der Waals surface area contributed by atoms with Crippen LogP contribution in [0.25, 0.3) is 0 Å². The molecule has 0 aliphatic carbocycles. The van der Waals surface area contributed by atoms with Gasteiger partial charge in [-0.25, -0.2) is 4.98 Å². The Balaban J connectivity index is 2.10. The molecule has 2 nitrogen and oxygen atoms in total. The summed E-state index contributed by atoms with van der Waals surface area (Å²) in [5.41, 5.74) is 0. The molecule has 1 aromatic rings. The molecule has 3 heteroatoms. The van der Waals surface area contributed by atoms with Crippen molar-refractivity contribution in [3.63, 3.8) is 0 Å². The van der Waals surface area contributed by atoms with E-state index in [9.17, 15) is 0 Å². The number of nitrogens with zero attached hydrogens (tertiary/aromatic N) is 1. The van der Waals surface area contributed by atoms with Crippen molar-refractivity contribution >= 4 is 16.5 Å². The van der Waals surface area contributed by atoms with E-state index < -0.39 is 0 Å². The molecule has 0 aliphatic rings. The van der Waals surface area contributed by atoms with Gasteiger partial charge in [0, 0.05) is 24.5 Å². The topological polar surface area (TPSA) is 24.9 Å². The van der Waals surface area contributed by atoms with Crippen LogP contribution in [0.5, 0.6) is 0 Å². The summed E-state index contributed by atoms with van der Waals surface area (Å²) in [7, 11) is 0. The average Bonchev–Trinajstić information content (AvgIpc) is 2.50. The molecular formula is C8H10N2S. The van der Waals surface area contributed by atoms with E-state index in [1.165, 1.54) is 0 Å². The molecular weight excluding hydrogens is 156 g/mol. The minimum absolute atomic E-state index is 0.832. The summed E-state index contributed by atoms with van der Waals surface area (Å²) in [6.07, 6.45) is 8.72. The maximum atomic E-state index is 5.10. The van der Waals surface area contributed by atoms with E-state index >= 15 is 0 Å². The van der Waals surface area contributed by atoms with Crippen LogP contribution in [-0.4, -0.2) is 11.5 Å². The summed E-state index contributed by atoms with van der Waals surface area (Å²) < 4.78 is 0. The Morgan fingerprint density at radius 1 is 1.73 bits per heavy atom. The highest BCUT2D eigenvalue weighted by Crippen LogP contribution is 2.09. The standard InChI is InChI=1S/C8H10N2S/c1-2-3-4-5-9-8-10-6-7-11-8/h1,6-7H,3-5H2,(H,9,10). The average molecular weight is 166 g/mol. The normalized spacial score (nSPS) is 9.00. The van der Waals surface area contributed by atoms with Gasteiger partial charge in [0.15, 0.2) is 5.13 Å². The first kappa shape index (κ1) is 8.09. The van der Waals surface area contributed by atoms with E-state index in [-0.39, 0.29) is 0 Å².